The van der Waals surface area contributed by atoms with E-state index >= 15 is 0 Å². The average molecular weight is 204 g/mol. The van der Waals surface area contributed by atoms with Crippen LogP contribution < -0.4 is 0 Å². The van der Waals surface area contributed by atoms with Gasteiger partial charge in [0.25, 0.3) is 0 Å². The molecule has 0 unspecified atom stereocenters. The van der Waals surface area contributed by atoms with E-state index in [0.29, 0.717) is 6.42 Å². The largest absolute Gasteiger partial charge is 0.461 e. The molecule has 0 aliphatic carbocycles. The molecule has 0 saturated carbocycles. The first-order chi connectivity index (χ1) is 6.96. The van der Waals surface area contributed by atoms with Crippen molar-refractivity contribution in [1.82, 2.24) is 0 Å². The Morgan fingerprint density at radius 2 is 2.07 bits per heavy atom. The number of hydrogen-bond donors (Lipinski definition) is 1. The van der Waals surface area contributed by atoms with Crippen molar-refractivity contribution in [2.45, 2.75) is 32.8 Å². The number of aryl methyl sites for hydroxylation is 1. The molecule has 0 bridgehead atoms. The summed E-state index contributed by atoms with van der Waals surface area (Å²) in [6, 6.07) is 8.01. The lowest BCUT2D eigenvalue weighted by molar-refractivity contribution is 0.0757. The van der Waals surface area contributed by atoms with Crippen molar-refractivity contribution in [3.63, 3.8) is 0 Å². The zero-order valence-corrected chi connectivity index (χ0v) is 9.37. The first-order valence-corrected chi connectivity index (χ1v) is 5.16. The molecule has 1 aromatic carbocycles. The molecule has 0 aliphatic heterocycles. The van der Waals surface area contributed by atoms with Gasteiger partial charge in [0.05, 0.1) is 5.60 Å². The minimum Gasteiger partial charge on any atom is -0.461 e. The van der Waals surface area contributed by atoms with E-state index in [1.54, 1.807) is 13.8 Å². The van der Waals surface area contributed by atoms with Gasteiger partial charge in [0.15, 0.2) is 0 Å². The topological polar surface area (TPSA) is 33.4 Å². The van der Waals surface area contributed by atoms with Crippen molar-refractivity contribution in [3.8, 4) is 0 Å². The lowest BCUT2D eigenvalue weighted by Gasteiger charge is -2.14. The van der Waals surface area contributed by atoms with Gasteiger partial charge >= 0.3 is 0 Å². The van der Waals surface area contributed by atoms with Crippen molar-refractivity contribution < 1.29 is 9.52 Å². The van der Waals surface area contributed by atoms with Crippen molar-refractivity contribution in [2.75, 3.05) is 0 Å². The molecule has 0 aliphatic rings. The molecule has 2 aromatic rings. The summed E-state index contributed by atoms with van der Waals surface area (Å²) in [4.78, 5) is 0. The molecular weight excluding hydrogens is 188 g/mol. The minimum atomic E-state index is -0.720. The zero-order chi connectivity index (χ0) is 11.1. The van der Waals surface area contributed by atoms with E-state index in [1.165, 1.54) is 5.56 Å². The molecule has 1 heterocycles. The smallest absolute Gasteiger partial charge is 0.134 e. The number of fused-ring (bicyclic) bond motifs is 1. The predicted molar refractivity (Wildman–Crippen MR) is 61.0 cm³/mol. The Hall–Kier alpha value is -1.28. The molecule has 0 radical (unpaired) electrons. The monoisotopic (exact) mass is 204 g/mol. The van der Waals surface area contributed by atoms with Crippen LogP contribution >= 0.6 is 0 Å². The zero-order valence-electron chi connectivity index (χ0n) is 9.37. The van der Waals surface area contributed by atoms with Gasteiger partial charge in [-0.15, -0.1) is 0 Å². The quantitative estimate of drug-likeness (QED) is 0.815. The van der Waals surface area contributed by atoms with E-state index in [0.717, 1.165) is 16.7 Å². The SMILES string of the molecule is Cc1cccc2oc(CC(C)(C)O)cc12. The summed E-state index contributed by atoms with van der Waals surface area (Å²) in [5.41, 5.74) is 1.38. The normalized spacial score (nSPS) is 12.3. The van der Waals surface area contributed by atoms with Crippen molar-refractivity contribution >= 4 is 11.0 Å². The lowest BCUT2D eigenvalue weighted by Crippen LogP contribution is -2.21. The van der Waals surface area contributed by atoms with E-state index in [1.807, 2.05) is 18.2 Å². The highest BCUT2D eigenvalue weighted by Crippen LogP contribution is 2.24. The van der Waals surface area contributed by atoms with E-state index < -0.39 is 5.60 Å². The predicted octanol–water partition coefficient (Wildman–Crippen LogP) is 3.05. The second-order valence-electron chi connectivity index (χ2n) is 4.69. The number of benzene rings is 1. The average Bonchev–Trinajstić information content (AvgIpc) is 2.45. The number of hydrogen-bond acceptors (Lipinski definition) is 2. The van der Waals surface area contributed by atoms with Gasteiger partial charge < -0.3 is 9.52 Å². The van der Waals surface area contributed by atoms with Gasteiger partial charge in [0.2, 0.25) is 0 Å². The summed E-state index contributed by atoms with van der Waals surface area (Å²) in [5, 5.41) is 10.8. The van der Waals surface area contributed by atoms with Gasteiger partial charge in [-0.25, -0.2) is 0 Å². The summed E-state index contributed by atoms with van der Waals surface area (Å²) in [6.45, 7) is 5.63. The van der Waals surface area contributed by atoms with Crippen molar-refractivity contribution in [3.05, 3.63) is 35.6 Å². The van der Waals surface area contributed by atoms with Gasteiger partial charge in [-0.05, 0) is 38.5 Å². The first kappa shape index (κ1) is 10.2. The van der Waals surface area contributed by atoms with Crippen LogP contribution in [0.25, 0.3) is 11.0 Å². The minimum absolute atomic E-state index is 0.543. The molecule has 2 rings (SSSR count). The fraction of sp³-hybridized carbons (Fsp3) is 0.385. The molecule has 1 N–H and O–H groups in total. The molecule has 0 spiro atoms. The first-order valence-electron chi connectivity index (χ1n) is 5.16. The Labute approximate surface area is 89.5 Å². The van der Waals surface area contributed by atoms with Gasteiger partial charge in [0.1, 0.15) is 11.3 Å². The van der Waals surface area contributed by atoms with Crippen LogP contribution in [0.4, 0.5) is 0 Å². The second-order valence-corrected chi connectivity index (χ2v) is 4.69. The van der Waals surface area contributed by atoms with Gasteiger partial charge in [-0.3, -0.25) is 0 Å². The van der Waals surface area contributed by atoms with Crippen molar-refractivity contribution in [2.24, 2.45) is 0 Å². The fourth-order valence-corrected chi connectivity index (χ4v) is 1.77. The van der Waals surface area contributed by atoms with Crippen LogP contribution in [0.15, 0.2) is 28.7 Å². The number of rotatable bonds is 2. The molecular formula is C13H16O2. The lowest BCUT2D eigenvalue weighted by atomic mass is 10.0. The van der Waals surface area contributed by atoms with Gasteiger partial charge in [0, 0.05) is 11.8 Å². The second kappa shape index (κ2) is 3.38. The van der Waals surface area contributed by atoms with Crippen molar-refractivity contribution in [1.29, 1.82) is 0 Å². The van der Waals surface area contributed by atoms with E-state index in [-0.39, 0.29) is 0 Å². The Bertz CT molecular complexity index is 475. The molecule has 80 valence electrons. The van der Waals surface area contributed by atoms with Gasteiger partial charge in [-0.1, -0.05) is 12.1 Å². The molecule has 15 heavy (non-hydrogen) atoms. The summed E-state index contributed by atoms with van der Waals surface area (Å²) >= 11 is 0. The number of furan rings is 1. The molecule has 0 amide bonds. The summed E-state index contributed by atoms with van der Waals surface area (Å²) in [7, 11) is 0. The fourth-order valence-electron chi connectivity index (χ4n) is 1.77. The van der Waals surface area contributed by atoms with E-state index in [4.69, 9.17) is 4.42 Å². The summed E-state index contributed by atoms with van der Waals surface area (Å²) in [6.07, 6.45) is 0.543. The highest BCUT2D eigenvalue weighted by atomic mass is 16.3. The Kier molecular flexibility index (Phi) is 2.31. The molecule has 0 atom stereocenters. The highest BCUT2D eigenvalue weighted by Gasteiger charge is 2.16. The highest BCUT2D eigenvalue weighted by molar-refractivity contribution is 5.81. The van der Waals surface area contributed by atoms with Gasteiger partial charge in [-0.2, -0.15) is 0 Å². The Morgan fingerprint density at radius 3 is 2.67 bits per heavy atom. The molecule has 0 fully saturated rings. The molecule has 1 aromatic heterocycles. The molecule has 0 saturated heterocycles. The van der Waals surface area contributed by atoms with Crippen LogP contribution in [0.1, 0.15) is 25.2 Å². The molecule has 2 nitrogen and oxygen atoms in total. The van der Waals surface area contributed by atoms with Crippen LogP contribution in [-0.2, 0) is 6.42 Å². The number of aliphatic hydroxyl groups is 1. The summed E-state index contributed by atoms with van der Waals surface area (Å²) < 4.78 is 5.66. The Balaban J connectivity index is 2.44. The maximum Gasteiger partial charge on any atom is 0.134 e. The third kappa shape index (κ3) is 2.21. The van der Waals surface area contributed by atoms with E-state index in [2.05, 4.69) is 13.0 Å². The van der Waals surface area contributed by atoms with E-state index in [9.17, 15) is 5.11 Å². The van der Waals surface area contributed by atoms with Crippen LogP contribution in [0.5, 0.6) is 0 Å². The third-order valence-electron chi connectivity index (χ3n) is 2.44. The standard InChI is InChI=1S/C13H16O2/c1-9-5-4-6-12-11(9)7-10(15-12)8-13(2,3)14/h4-7,14H,8H2,1-3H3. The van der Waals surface area contributed by atoms with Crippen LogP contribution in [0.3, 0.4) is 0 Å². The Morgan fingerprint density at radius 1 is 1.33 bits per heavy atom. The maximum absolute atomic E-state index is 9.71. The van der Waals surface area contributed by atoms with Crippen LogP contribution in [-0.4, -0.2) is 10.7 Å². The van der Waals surface area contributed by atoms with Crippen LogP contribution in [0, 0.1) is 6.92 Å². The maximum atomic E-state index is 9.71. The van der Waals surface area contributed by atoms with Crippen LogP contribution in [0.2, 0.25) is 0 Å². The summed E-state index contributed by atoms with van der Waals surface area (Å²) in [5.74, 6) is 0.840. The third-order valence-corrected chi connectivity index (χ3v) is 2.44. The molecule has 2 heteroatoms.